The number of benzene rings is 3. The molecule has 1 heterocycles. The number of aliphatic hydroxyl groups excluding tert-OH is 1. The van der Waals surface area contributed by atoms with E-state index in [1.54, 1.807) is 60.7 Å². The molecule has 0 spiro atoms. The number of carbonyl (C=O) groups is 3. The zero-order chi connectivity index (χ0) is 25.1. The van der Waals surface area contributed by atoms with Crippen LogP contribution >= 0.6 is 0 Å². The Morgan fingerprint density at radius 3 is 2.26 bits per heavy atom. The third-order valence-corrected chi connectivity index (χ3v) is 5.82. The van der Waals surface area contributed by atoms with Crippen LogP contribution in [0.2, 0.25) is 0 Å². The normalized spacial score (nSPS) is 16.9. The van der Waals surface area contributed by atoms with Crippen LogP contribution in [-0.4, -0.2) is 47.0 Å². The van der Waals surface area contributed by atoms with Crippen LogP contribution in [0, 0.1) is 0 Å². The largest absolute Gasteiger partial charge is 0.508 e. The van der Waals surface area contributed by atoms with Gasteiger partial charge in [-0.2, -0.15) is 0 Å². The molecule has 178 valence electrons. The predicted molar refractivity (Wildman–Crippen MR) is 127 cm³/mol. The van der Waals surface area contributed by atoms with Gasteiger partial charge in [0.05, 0.1) is 31.4 Å². The number of hydrogen-bond donors (Lipinski definition) is 2. The highest BCUT2D eigenvalue weighted by Gasteiger charge is 2.46. The van der Waals surface area contributed by atoms with Crippen molar-refractivity contribution in [3.63, 3.8) is 0 Å². The fourth-order valence-corrected chi connectivity index (χ4v) is 4.03. The first-order chi connectivity index (χ1) is 16.8. The van der Waals surface area contributed by atoms with E-state index in [0.29, 0.717) is 28.0 Å². The van der Waals surface area contributed by atoms with Crippen molar-refractivity contribution in [3.8, 4) is 11.5 Å². The fourth-order valence-electron chi connectivity index (χ4n) is 4.03. The highest BCUT2D eigenvalue weighted by Crippen LogP contribution is 2.41. The number of esters is 1. The number of likely N-dealkylation sites (tertiary alicyclic amines) is 1. The van der Waals surface area contributed by atoms with Gasteiger partial charge in [-0.1, -0.05) is 36.4 Å². The van der Waals surface area contributed by atoms with Crippen molar-refractivity contribution in [2.75, 3.05) is 14.2 Å². The summed E-state index contributed by atoms with van der Waals surface area (Å²) in [7, 11) is 2.77. The zero-order valence-corrected chi connectivity index (χ0v) is 19.1. The lowest BCUT2D eigenvalue weighted by Gasteiger charge is -2.25. The SMILES string of the molecule is COC(=O)c1ccc(CN2C(=O)C(=O)/C(=C(/O)c3cccc(OC)c3)C2c2ccc(O)cc2)cc1. The lowest BCUT2D eigenvalue weighted by atomic mass is 9.95. The molecule has 35 heavy (non-hydrogen) atoms. The molecule has 8 heteroatoms. The molecule has 1 saturated heterocycles. The summed E-state index contributed by atoms with van der Waals surface area (Å²) < 4.78 is 9.93. The number of aromatic hydroxyl groups is 1. The first kappa shape index (κ1) is 23.6. The van der Waals surface area contributed by atoms with Crippen molar-refractivity contribution in [3.05, 3.63) is 101 Å². The van der Waals surface area contributed by atoms with E-state index in [1.807, 2.05) is 0 Å². The Morgan fingerprint density at radius 1 is 0.943 bits per heavy atom. The highest BCUT2D eigenvalue weighted by atomic mass is 16.5. The van der Waals surface area contributed by atoms with Gasteiger partial charge >= 0.3 is 5.97 Å². The number of hydrogen-bond acceptors (Lipinski definition) is 7. The maximum Gasteiger partial charge on any atom is 0.337 e. The van der Waals surface area contributed by atoms with Crippen molar-refractivity contribution in [1.82, 2.24) is 4.90 Å². The molecule has 2 N–H and O–H groups in total. The fraction of sp³-hybridized carbons (Fsp3) is 0.148. The maximum atomic E-state index is 13.2. The summed E-state index contributed by atoms with van der Waals surface area (Å²) >= 11 is 0. The molecular formula is C27H23NO7. The smallest absolute Gasteiger partial charge is 0.337 e. The van der Waals surface area contributed by atoms with E-state index in [4.69, 9.17) is 9.47 Å². The highest BCUT2D eigenvalue weighted by molar-refractivity contribution is 6.46. The van der Waals surface area contributed by atoms with Crippen LogP contribution in [-0.2, 0) is 20.9 Å². The minimum absolute atomic E-state index is 0.0249. The number of phenols is 1. The van der Waals surface area contributed by atoms with Crippen molar-refractivity contribution >= 4 is 23.4 Å². The Bertz CT molecular complexity index is 1310. The molecule has 8 nitrogen and oxygen atoms in total. The summed E-state index contributed by atoms with van der Waals surface area (Å²) in [5.74, 6) is -1.91. The molecule has 0 bridgehead atoms. The molecule has 1 atom stereocenters. The van der Waals surface area contributed by atoms with E-state index in [2.05, 4.69) is 0 Å². The third-order valence-electron chi connectivity index (χ3n) is 5.82. The maximum absolute atomic E-state index is 13.2. The summed E-state index contributed by atoms with van der Waals surface area (Å²) in [4.78, 5) is 39.4. The van der Waals surface area contributed by atoms with Gasteiger partial charge in [0.1, 0.15) is 17.3 Å². The van der Waals surface area contributed by atoms with E-state index in [9.17, 15) is 24.6 Å². The van der Waals surface area contributed by atoms with Gasteiger partial charge in [-0.3, -0.25) is 9.59 Å². The zero-order valence-electron chi connectivity index (χ0n) is 19.1. The van der Waals surface area contributed by atoms with Crippen LogP contribution in [0.15, 0.2) is 78.4 Å². The summed E-state index contributed by atoms with van der Waals surface area (Å²) in [5.41, 5.74) is 1.82. The van der Waals surface area contributed by atoms with Gasteiger partial charge in [0.2, 0.25) is 0 Å². The number of ether oxygens (including phenoxy) is 2. The van der Waals surface area contributed by atoms with Crippen molar-refractivity contribution in [2.45, 2.75) is 12.6 Å². The average molecular weight is 473 g/mol. The summed E-state index contributed by atoms with van der Waals surface area (Å²) in [6.45, 7) is 0.0481. The van der Waals surface area contributed by atoms with Gasteiger partial charge in [0.25, 0.3) is 11.7 Å². The predicted octanol–water partition coefficient (Wildman–Crippen LogP) is 3.81. The molecule has 1 aliphatic rings. The molecule has 0 radical (unpaired) electrons. The van der Waals surface area contributed by atoms with E-state index in [1.165, 1.54) is 31.3 Å². The molecule has 3 aromatic carbocycles. The second kappa shape index (κ2) is 9.72. The van der Waals surface area contributed by atoms with Gasteiger partial charge in [-0.15, -0.1) is 0 Å². The minimum Gasteiger partial charge on any atom is -0.508 e. The summed E-state index contributed by atoms with van der Waals surface area (Å²) in [5, 5.41) is 20.9. The van der Waals surface area contributed by atoms with Crippen molar-refractivity contribution in [1.29, 1.82) is 0 Å². The molecule has 1 fully saturated rings. The molecule has 4 rings (SSSR count). The summed E-state index contributed by atoms with van der Waals surface area (Å²) in [6, 6.07) is 18.2. The average Bonchev–Trinajstić information content (AvgIpc) is 3.13. The monoisotopic (exact) mass is 473 g/mol. The van der Waals surface area contributed by atoms with Gasteiger partial charge in [0.15, 0.2) is 0 Å². The molecule has 1 aliphatic heterocycles. The van der Waals surface area contributed by atoms with Crippen LogP contribution in [0.25, 0.3) is 5.76 Å². The van der Waals surface area contributed by atoms with E-state index >= 15 is 0 Å². The Labute approximate surface area is 201 Å². The van der Waals surface area contributed by atoms with Crippen LogP contribution in [0.4, 0.5) is 0 Å². The van der Waals surface area contributed by atoms with E-state index < -0.39 is 23.7 Å². The third kappa shape index (κ3) is 4.59. The van der Waals surface area contributed by atoms with E-state index in [-0.39, 0.29) is 23.6 Å². The first-order valence-electron chi connectivity index (χ1n) is 10.7. The molecule has 0 saturated carbocycles. The quantitative estimate of drug-likeness (QED) is 0.242. The molecule has 3 aromatic rings. The Morgan fingerprint density at radius 2 is 1.63 bits per heavy atom. The lowest BCUT2D eigenvalue weighted by Crippen LogP contribution is -2.29. The second-order valence-corrected chi connectivity index (χ2v) is 7.94. The van der Waals surface area contributed by atoms with Crippen LogP contribution in [0.3, 0.4) is 0 Å². The molecule has 0 aromatic heterocycles. The number of phenolic OH excluding ortho intramolecular Hbond substituents is 1. The van der Waals surface area contributed by atoms with Crippen molar-refractivity contribution < 1.29 is 34.1 Å². The number of nitrogens with zero attached hydrogens (tertiary/aromatic N) is 1. The number of aliphatic hydroxyl groups is 1. The molecule has 1 unspecified atom stereocenters. The standard InChI is InChI=1S/C27H23NO7/c1-34-21-5-3-4-19(14-21)24(30)22-23(17-10-12-20(29)13-11-17)28(26(32)25(22)31)15-16-6-8-18(9-7-16)27(33)35-2/h3-14,23,29-30H,15H2,1-2H3/b24-22+. The second-order valence-electron chi connectivity index (χ2n) is 7.94. The number of ketones is 1. The molecule has 1 amide bonds. The Hall–Kier alpha value is -4.59. The first-order valence-corrected chi connectivity index (χ1v) is 10.7. The summed E-state index contributed by atoms with van der Waals surface area (Å²) in [6.07, 6.45) is 0. The van der Waals surface area contributed by atoms with Crippen LogP contribution in [0.5, 0.6) is 11.5 Å². The van der Waals surface area contributed by atoms with Gasteiger partial charge < -0.3 is 24.6 Å². The Kier molecular flexibility index (Phi) is 6.55. The number of methoxy groups -OCH3 is 2. The molecule has 0 aliphatic carbocycles. The number of amides is 1. The molecular weight excluding hydrogens is 450 g/mol. The van der Waals surface area contributed by atoms with E-state index in [0.717, 1.165) is 0 Å². The van der Waals surface area contributed by atoms with Gasteiger partial charge in [0, 0.05) is 12.1 Å². The number of carbonyl (C=O) groups excluding carboxylic acids is 3. The van der Waals surface area contributed by atoms with Gasteiger partial charge in [-0.25, -0.2) is 4.79 Å². The lowest BCUT2D eigenvalue weighted by molar-refractivity contribution is -0.140. The number of rotatable bonds is 6. The topological polar surface area (TPSA) is 113 Å². The van der Waals surface area contributed by atoms with Crippen LogP contribution in [0.1, 0.15) is 33.1 Å². The van der Waals surface area contributed by atoms with Gasteiger partial charge in [-0.05, 0) is 47.5 Å². The van der Waals surface area contributed by atoms with Crippen molar-refractivity contribution in [2.24, 2.45) is 0 Å². The number of Topliss-reactive ketones (excluding diaryl/α,β-unsaturated/α-hetero) is 1. The Balaban J connectivity index is 1.80. The van der Waals surface area contributed by atoms with Crippen LogP contribution < -0.4 is 4.74 Å². The minimum atomic E-state index is -0.901.